The Balaban J connectivity index is 0.00000176. The fraction of sp³-hybridized carbons (Fsp3) is 0.353. The number of nitrogens with one attached hydrogen (secondary N) is 2. The van der Waals surface area contributed by atoms with Crippen LogP contribution in [-0.2, 0) is 6.54 Å². The Morgan fingerprint density at radius 3 is 2.77 bits per heavy atom. The minimum absolute atomic E-state index is 0. The first-order valence-electron chi connectivity index (χ1n) is 7.47. The highest BCUT2D eigenvalue weighted by atomic mass is 127. The van der Waals surface area contributed by atoms with Gasteiger partial charge in [-0.25, -0.2) is 4.99 Å². The van der Waals surface area contributed by atoms with E-state index in [2.05, 4.69) is 69.7 Å². The van der Waals surface area contributed by atoms with E-state index in [1.54, 1.807) is 11.3 Å². The van der Waals surface area contributed by atoms with Gasteiger partial charge < -0.3 is 10.6 Å². The van der Waals surface area contributed by atoms with Crippen LogP contribution in [0.5, 0.6) is 0 Å². The van der Waals surface area contributed by atoms with Crippen molar-refractivity contribution in [3.63, 3.8) is 0 Å². The summed E-state index contributed by atoms with van der Waals surface area (Å²) >= 11 is 1.72. The Labute approximate surface area is 153 Å². The second-order valence-corrected chi connectivity index (χ2v) is 6.11. The van der Waals surface area contributed by atoms with Crippen LogP contribution in [0, 0.1) is 0 Å². The molecule has 0 radical (unpaired) electrons. The van der Waals surface area contributed by atoms with Gasteiger partial charge in [0.05, 0.1) is 6.54 Å². The van der Waals surface area contributed by atoms with E-state index >= 15 is 0 Å². The van der Waals surface area contributed by atoms with Crippen molar-refractivity contribution in [3.05, 3.63) is 58.3 Å². The molecule has 1 aromatic carbocycles. The van der Waals surface area contributed by atoms with Gasteiger partial charge in [-0.05, 0) is 41.3 Å². The summed E-state index contributed by atoms with van der Waals surface area (Å²) < 4.78 is 0. The third-order valence-electron chi connectivity index (χ3n) is 3.68. The molecule has 1 heterocycles. The summed E-state index contributed by atoms with van der Waals surface area (Å²) in [4.78, 5) is 4.67. The van der Waals surface area contributed by atoms with Crippen LogP contribution in [0.4, 0.5) is 0 Å². The third-order valence-corrected chi connectivity index (χ3v) is 4.42. The number of thiophene rings is 1. The number of hydrogen-bond donors (Lipinski definition) is 2. The van der Waals surface area contributed by atoms with Crippen LogP contribution < -0.4 is 10.6 Å². The zero-order valence-corrected chi connectivity index (χ0v) is 15.8. The number of guanidine groups is 1. The van der Waals surface area contributed by atoms with Crippen molar-refractivity contribution in [3.8, 4) is 0 Å². The number of benzene rings is 1. The van der Waals surface area contributed by atoms with Gasteiger partial charge in [-0.15, -0.1) is 24.0 Å². The number of aliphatic imine (C=N–C) groups is 1. The second-order valence-electron chi connectivity index (χ2n) is 5.33. The van der Waals surface area contributed by atoms with E-state index in [0.717, 1.165) is 19.0 Å². The molecule has 5 heteroatoms. The van der Waals surface area contributed by atoms with Crippen LogP contribution in [0.3, 0.4) is 0 Å². The van der Waals surface area contributed by atoms with Crippen molar-refractivity contribution in [1.82, 2.24) is 10.6 Å². The molecule has 1 aliphatic carbocycles. The molecule has 0 bridgehead atoms. The fourth-order valence-corrected chi connectivity index (χ4v) is 3.13. The molecular formula is C17H22IN3S. The second kappa shape index (κ2) is 8.53. The zero-order chi connectivity index (χ0) is 14.5. The lowest BCUT2D eigenvalue weighted by molar-refractivity contribution is 0.795. The summed E-state index contributed by atoms with van der Waals surface area (Å²) in [5.74, 6) is 1.54. The summed E-state index contributed by atoms with van der Waals surface area (Å²) in [5.41, 5.74) is 2.69. The molecule has 0 spiro atoms. The fourth-order valence-electron chi connectivity index (χ4n) is 2.47. The smallest absolute Gasteiger partial charge is 0.191 e. The van der Waals surface area contributed by atoms with Crippen LogP contribution in [0.15, 0.2) is 52.2 Å². The van der Waals surface area contributed by atoms with E-state index in [4.69, 9.17) is 0 Å². The van der Waals surface area contributed by atoms with Crippen LogP contribution in [0.1, 0.15) is 30.4 Å². The minimum atomic E-state index is 0. The molecule has 1 aromatic heterocycles. The first kappa shape index (κ1) is 17.3. The number of rotatable bonds is 5. The van der Waals surface area contributed by atoms with Crippen molar-refractivity contribution < 1.29 is 0 Å². The van der Waals surface area contributed by atoms with Crippen LogP contribution in [0.25, 0.3) is 0 Å². The first-order valence-corrected chi connectivity index (χ1v) is 8.42. The highest BCUT2D eigenvalue weighted by Crippen LogP contribution is 2.40. The van der Waals surface area contributed by atoms with Gasteiger partial charge in [0.25, 0.3) is 0 Å². The third kappa shape index (κ3) is 4.71. The summed E-state index contributed by atoms with van der Waals surface area (Å²) in [6.45, 7) is 3.73. The van der Waals surface area contributed by atoms with Crippen LogP contribution in [0.2, 0.25) is 0 Å². The predicted octanol–water partition coefficient (Wildman–Crippen LogP) is 3.98. The van der Waals surface area contributed by atoms with E-state index < -0.39 is 0 Å². The molecule has 2 N–H and O–H groups in total. The normalized spacial score (nSPS) is 20.1. The number of halogens is 1. The number of hydrogen-bond acceptors (Lipinski definition) is 2. The topological polar surface area (TPSA) is 36.4 Å². The lowest BCUT2D eigenvalue weighted by Gasteiger charge is -2.11. The van der Waals surface area contributed by atoms with Crippen molar-refractivity contribution >= 4 is 41.3 Å². The number of nitrogens with zero attached hydrogens (tertiary/aromatic N) is 1. The highest BCUT2D eigenvalue weighted by molar-refractivity contribution is 14.0. The van der Waals surface area contributed by atoms with Crippen molar-refractivity contribution in [2.75, 3.05) is 6.54 Å². The molecule has 3 nitrogen and oxygen atoms in total. The highest BCUT2D eigenvalue weighted by Gasteiger charge is 2.38. The molecule has 0 amide bonds. The Hall–Kier alpha value is -1.08. The van der Waals surface area contributed by atoms with Crippen LogP contribution in [-0.4, -0.2) is 18.5 Å². The lowest BCUT2D eigenvalue weighted by Crippen LogP contribution is -2.39. The van der Waals surface area contributed by atoms with E-state index in [0.29, 0.717) is 12.0 Å². The molecule has 0 saturated heterocycles. The molecule has 22 heavy (non-hydrogen) atoms. The maximum Gasteiger partial charge on any atom is 0.191 e. The monoisotopic (exact) mass is 427 g/mol. The lowest BCUT2D eigenvalue weighted by atomic mass is 10.1. The minimum Gasteiger partial charge on any atom is -0.357 e. The van der Waals surface area contributed by atoms with Crippen molar-refractivity contribution in [2.45, 2.75) is 31.8 Å². The molecule has 3 rings (SSSR count). The molecule has 1 aliphatic rings. The predicted molar refractivity (Wildman–Crippen MR) is 105 cm³/mol. The summed E-state index contributed by atoms with van der Waals surface area (Å²) in [7, 11) is 0. The standard InChI is InChI=1S/C17H21N3S.HI/c1-2-18-17(19-11-13-8-9-21-12-13)20-16-10-15(16)14-6-4-3-5-7-14;/h3-9,12,15-16H,2,10-11H2,1H3,(H2,18,19,20);1H. The average Bonchev–Trinajstić information content (AvgIpc) is 3.08. The molecule has 0 aliphatic heterocycles. The van der Waals surface area contributed by atoms with Gasteiger partial charge in [-0.1, -0.05) is 30.3 Å². The first-order chi connectivity index (χ1) is 10.4. The molecule has 1 fully saturated rings. The SMILES string of the molecule is CCNC(=NCc1ccsc1)NC1CC1c1ccccc1.I. The zero-order valence-electron chi connectivity index (χ0n) is 12.7. The van der Waals surface area contributed by atoms with Gasteiger partial charge in [-0.2, -0.15) is 11.3 Å². The van der Waals surface area contributed by atoms with E-state index in [9.17, 15) is 0 Å². The Kier molecular flexibility index (Phi) is 6.70. The van der Waals surface area contributed by atoms with Gasteiger partial charge in [0.15, 0.2) is 5.96 Å². The Morgan fingerprint density at radius 1 is 1.27 bits per heavy atom. The van der Waals surface area contributed by atoms with Crippen molar-refractivity contribution in [2.24, 2.45) is 4.99 Å². The van der Waals surface area contributed by atoms with Crippen LogP contribution >= 0.6 is 35.3 Å². The molecule has 2 aromatic rings. The summed E-state index contributed by atoms with van der Waals surface area (Å²) in [6, 6.07) is 13.3. The maximum atomic E-state index is 4.67. The van der Waals surface area contributed by atoms with E-state index in [1.165, 1.54) is 17.5 Å². The van der Waals surface area contributed by atoms with Gasteiger partial charge in [0, 0.05) is 18.5 Å². The average molecular weight is 427 g/mol. The van der Waals surface area contributed by atoms with Gasteiger partial charge in [0.1, 0.15) is 0 Å². The summed E-state index contributed by atoms with van der Waals surface area (Å²) in [5, 5.41) is 11.1. The Morgan fingerprint density at radius 2 is 2.09 bits per heavy atom. The van der Waals surface area contributed by atoms with Gasteiger partial charge >= 0.3 is 0 Å². The molecule has 1 saturated carbocycles. The largest absolute Gasteiger partial charge is 0.357 e. The van der Waals surface area contributed by atoms with Gasteiger partial charge in [0.2, 0.25) is 0 Å². The van der Waals surface area contributed by atoms with Crippen molar-refractivity contribution in [1.29, 1.82) is 0 Å². The quantitative estimate of drug-likeness (QED) is 0.430. The summed E-state index contributed by atoms with van der Waals surface area (Å²) in [6.07, 6.45) is 1.19. The van der Waals surface area contributed by atoms with E-state index in [1.807, 2.05) is 0 Å². The van der Waals surface area contributed by atoms with Gasteiger partial charge in [-0.3, -0.25) is 0 Å². The van der Waals surface area contributed by atoms with E-state index in [-0.39, 0.29) is 24.0 Å². The maximum absolute atomic E-state index is 4.67. The molecular weight excluding hydrogens is 405 g/mol. The molecule has 118 valence electrons. The molecule has 2 atom stereocenters. The Bertz CT molecular complexity index is 583. The molecule has 2 unspecified atom stereocenters.